The van der Waals surface area contributed by atoms with Gasteiger partial charge in [-0.25, -0.2) is 4.79 Å². The Labute approximate surface area is 171 Å². The van der Waals surface area contributed by atoms with Gasteiger partial charge in [0.25, 0.3) is 5.69 Å². The molecule has 154 valence electrons. The van der Waals surface area contributed by atoms with Crippen LogP contribution in [0.3, 0.4) is 0 Å². The van der Waals surface area contributed by atoms with E-state index < -0.39 is 22.3 Å². The monoisotopic (exact) mass is 407 g/mol. The molecule has 30 heavy (non-hydrogen) atoms. The van der Waals surface area contributed by atoms with Crippen molar-refractivity contribution >= 4 is 34.5 Å². The molecule has 0 amide bonds. The summed E-state index contributed by atoms with van der Waals surface area (Å²) in [6.07, 6.45) is 4.81. The van der Waals surface area contributed by atoms with Gasteiger partial charge < -0.3 is 14.3 Å². The number of benzene rings is 2. The Bertz CT molecular complexity index is 1160. The smallest absolute Gasteiger partial charge is 0.338 e. The lowest BCUT2D eigenvalue weighted by Crippen LogP contribution is -2.04. The van der Waals surface area contributed by atoms with Crippen LogP contribution in [0.5, 0.6) is 5.75 Å². The molecule has 0 unspecified atom stereocenters. The quantitative estimate of drug-likeness (QED) is 0.270. The lowest BCUT2D eigenvalue weighted by molar-refractivity contribution is -0.398. The van der Waals surface area contributed by atoms with Crippen molar-refractivity contribution in [1.29, 1.82) is 0 Å². The second-order valence-electron chi connectivity index (χ2n) is 7.01. The van der Waals surface area contributed by atoms with Crippen LogP contribution >= 0.6 is 0 Å². The minimum Gasteiger partial charge on any atom is -0.867 e. The molecule has 0 spiro atoms. The van der Waals surface area contributed by atoms with E-state index in [4.69, 9.17) is 9.15 Å². The molecular formula is C22H19N2O6-. The third-order valence-corrected chi connectivity index (χ3v) is 5.13. The van der Waals surface area contributed by atoms with Crippen molar-refractivity contribution in [3.05, 3.63) is 62.9 Å². The number of carbonyl (C=O) groups excluding carboxylic acids is 1. The second kappa shape index (κ2) is 7.98. The van der Waals surface area contributed by atoms with Crippen molar-refractivity contribution in [3.8, 4) is 5.75 Å². The van der Waals surface area contributed by atoms with E-state index in [1.54, 1.807) is 31.2 Å². The highest BCUT2D eigenvalue weighted by molar-refractivity contribution is 6.05. The van der Waals surface area contributed by atoms with Crippen LogP contribution in [0.15, 0.2) is 39.7 Å². The van der Waals surface area contributed by atoms with Gasteiger partial charge in [-0.2, -0.15) is 0 Å². The molecule has 4 rings (SSSR count). The highest BCUT2D eigenvalue weighted by Gasteiger charge is 2.24. The summed E-state index contributed by atoms with van der Waals surface area (Å²) in [6, 6.07) is 7.59. The number of rotatable bonds is 5. The van der Waals surface area contributed by atoms with Crippen LogP contribution in [-0.2, 0) is 17.6 Å². The van der Waals surface area contributed by atoms with E-state index in [2.05, 4.69) is 4.99 Å². The van der Waals surface area contributed by atoms with Crippen LogP contribution in [0.1, 0.15) is 47.0 Å². The summed E-state index contributed by atoms with van der Waals surface area (Å²) >= 11 is 0. The normalized spacial score (nSPS) is 13.5. The van der Waals surface area contributed by atoms with E-state index in [9.17, 15) is 20.0 Å². The van der Waals surface area contributed by atoms with E-state index in [1.807, 2.05) is 0 Å². The first-order chi connectivity index (χ1) is 14.5. The molecular weight excluding hydrogens is 388 g/mol. The van der Waals surface area contributed by atoms with Crippen molar-refractivity contribution in [2.24, 2.45) is 4.99 Å². The maximum atomic E-state index is 12.8. The zero-order valence-electron chi connectivity index (χ0n) is 16.3. The number of ether oxygens (including phenoxy) is 1. The minimum atomic E-state index is -0.700. The first-order valence-corrected chi connectivity index (χ1v) is 9.73. The number of carbonyl (C=O) groups is 1. The molecule has 1 heterocycles. The van der Waals surface area contributed by atoms with Gasteiger partial charge in [0, 0.05) is 29.1 Å². The standard InChI is InChI=1S/C22H20N2O6/c1-2-29-22(26)13-7-9-14(10-8-13)23-12-16-20-15-5-3-4-6-18(15)30-19(20)11-17(21(16)25)24(27)28/h7-12,25H,2-6H2,1H3/p-1. The molecule has 3 aromatic rings. The molecule has 8 heteroatoms. The van der Waals surface area contributed by atoms with E-state index in [1.165, 1.54) is 12.3 Å². The third-order valence-electron chi connectivity index (χ3n) is 5.13. The van der Waals surface area contributed by atoms with Crippen LogP contribution in [0.2, 0.25) is 0 Å². The summed E-state index contributed by atoms with van der Waals surface area (Å²) in [5.41, 5.74) is 1.78. The first kappa shape index (κ1) is 19.6. The molecule has 0 bridgehead atoms. The van der Waals surface area contributed by atoms with Crippen LogP contribution in [0.25, 0.3) is 11.0 Å². The largest absolute Gasteiger partial charge is 0.867 e. The molecule has 0 aliphatic heterocycles. The molecule has 1 aliphatic rings. The Balaban J connectivity index is 1.77. The third kappa shape index (κ3) is 3.52. The van der Waals surface area contributed by atoms with Crippen molar-refractivity contribution in [1.82, 2.24) is 0 Å². The summed E-state index contributed by atoms with van der Waals surface area (Å²) in [5, 5.41) is 24.8. The van der Waals surface area contributed by atoms with Crippen molar-refractivity contribution in [2.75, 3.05) is 6.61 Å². The number of aliphatic imine (C=N–C) groups is 1. The van der Waals surface area contributed by atoms with Gasteiger partial charge in [0.05, 0.1) is 28.8 Å². The molecule has 0 atom stereocenters. The molecule has 0 saturated heterocycles. The Morgan fingerprint density at radius 2 is 2.00 bits per heavy atom. The Morgan fingerprint density at radius 1 is 1.27 bits per heavy atom. The van der Waals surface area contributed by atoms with Gasteiger partial charge in [0.2, 0.25) is 0 Å². The second-order valence-corrected chi connectivity index (χ2v) is 7.01. The summed E-state index contributed by atoms with van der Waals surface area (Å²) in [7, 11) is 0. The Morgan fingerprint density at radius 3 is 2.70 bits per heavy atom. The minimum absolute atomic E-state index is 0.153. The van der Waals surface area contributed by atoms with Gasteiger partial charge in [-0.3, -0.25) is 15.1 Å². The van der Waals surface area contributed by atoms with Gasteiger partial charge in [0.15, 0.2) is 0 Å². The molecule has 0 N–H and O–H groups in total. The molecule has 1 aromatic heterocycles. The lowest BCUT2D eigenvalue weighted by atomic mass is 9.93. The summed E-state index contributed by atoms with van der Waals surface area (Å²) in [4.78, 5) is 26.7. The molecule has 2 aromatic carbocycles. The van der Waals surface area contributed by atoms with E-state index in [-0.39, 0.29) is 12.2 Å². The molecule has 0 saturated carbocycles. The van der Waals surface area contributed by atoms with Crippen molar-refractivity contribution in [2.45, 2.75) is 32.6 Å². The van der Waals surface area contributed by atoms with E-state index >= 15 is 0 Å². The number of hydrogen-bond acceptors (Lipinski definition) is 7. The van der Waals surface area contributed by atoms with E-state index in [0.29, 0.717) is 22.2 Å². The number of nitro benzene ring substituents is 1. The fourth-order valence-electron chi connectivity index (χ4n) is 3.72. The topological polar surface area (TPSA) is 118 Å². The zero-order valence-corrected chi connectivity index (χ0v) is 16.3. The Hall–Kier alpha value is -3.68. The van der Waals surface area contributed by atoms with Crippen LogP contribution in [-0.4, -0.2) is 23.7 Å². The number of nitrogens with zero attached hydrogens (tertiary/aromatic N) is 2. The van der Waals surface area contributed by atoms with Crippen LogP contribution < -0.4 is 5.11 Å². The van der Waals surface area contributed by atoms with Crippen molar-refractivity contribution in [3.63, 3.8) is 0 Å². The molecule has 8 nitrogen and oxygen atoms in total. The number of aryl methyl sites for hydroxylation is 2. The predicted octanol–water partition coefficient (Wildman–Crippen LogP) is 4.22. The highest BCUT2D eigenvalue weighted by atomic mass is 16.6. The van der Waals surface area contributed by atoms with Gasteiger partial charge in [-0.15, -0.1) is 0 Å². The zero-order chi connectivity index (χ0) is 21.3. The first-order valence-electron chi connectivity index (χ1n) is 9.73. The number of hydrogen-bond donors (Lipinski definition) is 0. The molecule has 1 aliphatic carbocycles. The van der Waals surface area contributed by atoms with Crippen LogP contribution in [0.4, 0.5) is 11.4 Å². The van der Waals surface area contributed by atoms with Crippen molar-refractivity contribution < 1.29 is 24.0 Å². The number of fused-ring (bicyclic) bond motifs is 3. The average molecular weight is 407 g/mol. The predicted molar refractivity (Wildman–Crippen MR) is 109 cm³/mol. The van der Waals surface area contributed by atoms with Crippen LogP contribution in [0, 0.1) is 10.1 Å². The maximum absolute atomic E-state index is 12.8. The maximum Gasteiger partial charge on any atom is 0.338 e. The average Bonchev–Trinajstić information content (AvgIpc) is 3.11. The number of furan rings is 1. The fourth-order valence-corrected chi connectivity index (χ4v) is 3.72. The van der Waals surface area contributed by atoms with Gasteiger partial charge >= 0.3 is 5.97 Å². The fraction of sp³-hybridized carbons (Fsp3) is 0.273. The number of esters is 1. The SMILES string of the molecule is CCOC(=O)c1ccc(N=Cc2c([O-])c([N+](=O)[O-])cc3oc4c(c23)CCCC4)cc1. The number of nitro groups is 1. The van der Waals surface area contributed by atoms with Gasteiger partial charge in [-0.1, -0.05) is 0 Å². The van der Waals surface area contributed by atoms with Gasteiger partial charge in [-0.05, 0) is 56.2 Å². The summed E-state index contributed by atoms with van der Waals surface area (Å²) in [5.74, 6) is -0.335. The summed E-state index contributed by atoms with van der Waals surface area (Å²) < 4.78 is 10.8. The lowest BCUT2D eigenvalue weighted by Gasteiger charge is -2.14. The van der Waals surface area contributed by atoms with Gasteiger partial charge in [0.1, 0.15) is 11.3 Å². The Kier molecular flexibility index (Phi) is 5.22. The van der Waals surface area contributed by atoms with E-state index in [0.717, 1.165) is 37.0 Å². The highest BCUT2D eigenvalue weighted by Crippen LogP contribution is 2.40. The molecule has 0 fully saturated rings. The summed E-state index contributed by atoms with van der Waals surface area (Å²) in [6.45, 7) is 2.01. The molecule has 0 radical (unpaired) electrons.